The molecule has 6 heteroatoms. The van der Waals surface area contributed by atoms with Crippen molar-refractivity contribution in [1.29, 1.82) is 0 Å². The van der Waals surface area contributed by atoms with Crippen LogP contribution in [0.5, 0.6) is 0 Å². The summed E-state index contributed by atoms with van der Waals surface area (Å²) in [6.45, 7) is 6.50. The Morgan fingerprint density at radius 3 is 1.08 bits per heavy atom. The summed E-state index contributed by atoms with van der Waals surface area (Å²) in [6, 6.07) is 0. The van der Waals surface area contributed by atoms with Crippen molar-refractivity contribution in [3.63, 3.8) is 0 Å². The van der Waals surface area contributed by atoms with E-state index in [0.717, 1.165) is 57.8 Å². The third kappa shape index (κ3) is 47.7. The minimum Gasteiger partial charge on any atom is -0.462 e. The quantitative estimate of drug-likeness (QED) is 0.0263. The summed E-state index contributed by atoms with van der Waals surface area (Å²) in [7, 11) is 0. The Hall–Kier alpha value is -3.15. The van der Waals surface area contributed by atoms with E-state index in [-0.39, 0.29) is 38.0 Å². The lowest BCUT2D eigenvalue weighted by atomic mass is 10.0. The fraction of sp³-hybridized carbons (Fsp3) is 0.727. The molecule has 350 valence electrons. The second-order valence-corrected chi connectivity index (χ2v) is 16.7. The second-order valence-electron chi connectivity index (χ2n) is 16.7. The molecule has 0 rings (SSSR count). The highest BCUT2D eigenvalue weighted by Gasteiger charge is 2.19. The molecule has 6 nitrogen and oxygen atoms in total. The Balaban J connectivity index is 4.52. The van der Waals surface area contributed by atoms with Crippen molar-refractivity contribution in [2.75, 3.05) is 13.2 Å². The summed E-state index contributed by atoms with van der Waals surface area (Å²) >= 11 is 0. The Morgan fingerprint density at radius 1 is 0.328 bits per heavy atom. The van der Waals surface area contributed by atoms with Crippen LogP contribution in [-0.2, 0) is 28.6 Å². The Morgan fingerprint density at radius 2 is 0.639 bits per heavy atom. The molecule has 61 heavy (non-hydrogen) atoms. The van der Waals surface area contributed by atoms with Crippen molar-refractivity contribution in [3.8, 4) is 0 Å². The summed E-state index contributed by atoms with van der Waals surface area (Å²) in [4.78, 5) is 37.9. The monoisotopic (exact) mass is 851 g/mol. The van der Waals surface area contributed by atoms with Crippen LogP contribution in [0.3, 0.4) is 0 Å². The molecule has 0 aromatic carbocycles. The van der Waals surface area contributed by atoms with E-state index in [1.54, 1.807) is 0 Å². The van der Waals surface area contributed by atoms with Gasteiger partial charge < -0.3 is 14.2 Å². The number of carbonyl (C=O) groups is 3. The van der Waals surface area contributed by atoms with Crippen LogP contribution in [0, 0.1) is 0 Å². The molecular weight excluding hydrogens is 757 g/mol. The summed E-state index contributed by atoms with van der Waals surface area (Å²) < 4.78 is 16.7. The zero-order valence-corrected chi connectivity index (χ0v) is 39.9. The van der Waals surface area contributed by atoms with Crippen molar-refractivity contribution in [1.82, 2.24) is 0 Å². The first-order valence-corrected chi connectivity index (χ1v) is 25.4. The molecule has 1 atom stereocenters. The van der Waals surface area contributed by atoms with Gasteiger partial charge in [0.25, 0.3) is 0 Å². The van der Waals surface area contributed by atoms with E-state index in [1.807, 2.05) is 6.08 Å². The number of hydrogen-bond donors (Lipinski definition) is 0. The molecule has 0 aliphatic rings. The molecule has 0 aromatic rings. The van der Waals surface area contributed by atoms with Gasteiger partial charge in [0, 0.05) is 19.3 Å². The van der Waals surface area contributed by atoms with Gasteiger partial charge in [-0.2, -0.15) is 0 Å². The highest BCUT2D eigenvalue weighted by molar-refractivity contribution is 5.71. The number of esters is 3. The van der Waals surface area contributed by atoms with Crippen molar-refractivity contribution in [2.45, 2.75) is 245 Å². The number of unbranched alkanes of at least 4 members (excludes halogenated alkanes) is 22. The lowest BCUT2D eigenvalue weighted by Gasteiger charge is -2.18. The maximum absolute atomic E-state index is 12.7. The van der Waals surface area contributed by atoms with Crippen LogP contribution < -0.4 is 0 Å². The third-order valence-electron chi connectivity index (χ3n) is 10.7. The molecule has 0 aliphatic carbocycles. The van der Waals surface area contributed by atoms with Crippen molar-refractivity contribution in [2.24, 2.45) is 0 Å². The normalized spacial score (nSPS) is 12.6. The van der Waals surface area contributed by atoms with Crippen LogP contribution in [0.25, 0.3) is 0 Å². The smallest absolute Gasteiger partial charge is 0.306 e. The fourth-order valence-electron chi connectivity index (χ4n) is 6.84. The van der Waals surface area contributed by atoms with E-state index in [2.05, 4.69) is 87.6 Å². The first kappa shape index (κ1) is 57.9. The predicted octanol–water partition coefficient (Wildman–Crippen LogP) is 16.6. The van der Waals surface area contributed by atoms with E-state index >= 15 is 0 Å². The Kier molecular flexibility index (Phi) is 46.9. The van der Waals surface area contributed by atoms with Crippen LogP contribution in [0.1, 0.15) is 239 Å². The molecule has 0 fully saturated rings. The lowest BCUT2D eigenvalue weighted by Crippen LogP contribution is -2.30. The highest BCUT2D eigenvalue weighted by Crippen LogP contribution is 2.14. The lowest BCUT2D eigenvalue weighted by molar-refractivity contribution is -0.166. The second kappa shape index (κ2) is 49.5. The largest absolute Gasteiger partial charge is 0.462 e. The van der Waals surface area contributed by atoms with Crippen LogP contribution in [0.4, 0.5) is 0 Å². The zero-order valence-electron chi connectivity index (χ0n) is 39.9. The van der Waals surface area contributed by atoms with E-state index < -0.39 is 12.1 Å². The predicted molar refractivity (Wildman–Crippen MR) is 261 cm³/mol. The molecule has 0 saturated carbocycles. The number of hydrogen-bond acceptors (Lipinski definition) is 6. The van der Waals surface area contributed by atoms with E-state index in [1.165, 1.54) is 128 Å². The van der Waals surface area contributed by atoms with Gasteiger partial charge in [0.15, 0.2) is 6.10 Å². The van der Waals surface area contributed by atoms with E-state index in [0.29, 0.717) is 19.3 Å². The first-order valence-electron chi connectivity index (χ1n) is 25.4. The molecule has 0 saturated heterocycles. The molecule has 0 aromatic heterocycles. The average Bonchev–Trinajstić information content (AvgIpc) is 3.26. The van der Waals surface area contributed by atoms with Gasteiger partial charge in [-0.05, 0) is 77.0 Å². The summed E-state index contributed by atoms with van der Waals surface area (Å²) in [5.74, 6) is -1.04. The standard InChI is InChI=1S/C55H94O6/c1-4-7-10-13-16-19-22-25-26-27-28-31-33-36-39-42-45-48-54(57)60-51-52(61-55(58)49-46-43-40-37-34-30-24-21-18-15-12-9-6-3)50-59-53(56)47-44-41-38-35-32-29-23-20-17-14-11-8-5-2/h16,19,25-26,28,30-31,34,36,39-40,43,52H,4-15,17-18,20-24,27,29,32-33,35,37-38,41-42,44-51H2,1-3H3/b19-16-,26-25-,31-28-,34-30-,39-36-,43-40-. The number of allylic oxidation sites excluding steroid dienone is 12. The fourth-order valence-corrected chi connectivity index (χ4v) is 6.84. The first-order chi connectivity index (χ1) is 30.0. The number of rotatable bonds is 45. The van der Waals surface area contributed by atoms with Crippen LogP contribution in [0.2, 0.25) is 0 Å². The van der Waals surface area contributed by atoms with Gasteiger partial charge >= 0.3 is 17.9 Å². The minimum atomic E-state index is -0.825. The molecule has 1 unspecified atom stereocenters. The van der Waals surface area contributed by atoms with Gasteiger partial charge in [0.05, 0.1) is 0 Å². The van der Waals surface area contributed by atoms with Gasteiger partial charge in [0.1, 0.15) is 13.2 Å². The van der Waals surface area contributed by atoms with Crippen molar-refractivity contribution in [3.05, 3.63) is 72.9 Å². The molecule has 0 N–H and O–H groups in total. The maximum Gasteiger partial charge on any atom is 0.306 e. The van der Waals surface area contributed by atoms with E-state index in [4.69, 9.17) is 14.2 Å². The molecule has 0 radical (unpaired) electrons. The molecule has 0 aliphatic heterocycles. The van der Waals surface area contributed by atoms with Crippen LogP contribution in [0.15, 0.2) is 72.9 Å². The summed E-state index contributed by atoms with van der Waals surface area (Å²) in [6.07, 6.45) is 61.9. The molecule has 0 spiro atoms. The molecule has 0 heterocycles. The van der Waals surface area contributed by atoms with E-state index in [9.17, 15) is 14.4 Å². The highest BCUT2D eigenvalue weighted by atomic mass is 16.6. The van der Waals surface area contributed by atoms with Crippen molar-refractivity contribution < 1.29 is 28.6 Å². The SMILES string of the molecule is CCCCC/C=C\C/C=C\C/C=C\C/C=C\CCCC(=O)OCC(COC(=O)CCCCCCCCCCCCCCC)OC(=O)CC/C=C\C/C=C\CCCCCCCC. The molecular formula is C55H94O6. The third-order valence-corrected chi connectivity index (χ3v) is 10.7. The van der Waals surface area contributed by atoms with Gasteiger partial charge in [-0.15, -0.1) is 0 Å². The number of ether oxygens (including phenoxy) is 3. The van der Waals surface area contributed by atoms with Gasteiger partial charge in [-0.25, -0.2) is 0 Å². The molecule has 0 amide bonds. The van der Waals surface area contributed by atoms with Gasteiger partial charge in [-0.1, -0.05) is 216 Å². The molecule has 0 bridgehead atoms. The Labute approximate surface area is 376 Å². The number of carbonyl (C=O) groups excluding carboxylic acids is 3. The van der Waals surface area contributed by atoms with Crippen molar-refractivity contribution >= 4 is 17.9 Å². The van der Waals surface area contributed by atoms with Crippen LogP contribution in [-0.4, -0.2) is 37.2 Å². The maximum atomic E-state index is 12.7. The minimum absolute atomic E-state index is 0.113. The van der Waals surface area contributed by atoms with Gasteiger partial charge in [-0.3, -0.25) is 14.4 Å². The summed E-state index contributed by atoms with van der Waals surface area (Å²) in [5, 5.41) is 0. The topological polar surface area (TPSA) is 78.9 Å². The van der Waals surface area contributed by atoms with Gasteiger partial charge in [0.2, 0.25) is 0 Å². The summed E-state index contributed by atoms with van der Waals surface area (Å²) in [5.41, 5.74) is 0. The van der Waals surface area contributed by atoms with Crippen LogP contribution >= 0.6 is 0 Å². The Bertz CT molecular complexity index is 1160. The zero-order chi connectivity index (χ0) is 44.4. The average molecular weight is 851 g/mol.